The molecule has 2 unspecified atom stereocenters. The van der Waals surface area contributed by atoms with Crippen molar-refractivity contribution < 1.29 is 4.79 Å². The molecule has 1 saturated heterocycles. The van der Waals surface area contributed by atoms with Crippen molar-refractivity contribution in [1.82, 2.24) is 4.90 Å². The van der Waals surface area contributed by atoms with Gasteiger partial charge in [-0.2, -0.15) is 0 Å². The normalized spacial score (nSPS) is 23.3. The standard InChI is InChI=1S/C16H22N2O/c1-6-12-15(17)14(16(19)18(12)5)13-10(3)7-9(2)8-11(13)4/h7-8,12,14,17H,6H2,1-5H3. The maximum absolute atomic E-state index is 12.5. The number of likely N-dealkylation sites (N-methyl/N-ethyl adjacent to an activating group) is 1. The van der Waals surface area contributed by atoms with E-state index >= 15 is 0 Å². The number of aryl methyl sites for hydroxylation is 3. The molecule has 102 valence electrons. The van der Waals surface area contributed by atoms with Crippen molar-refractivity contribution in [2.45, 2.75) is 46.1 Å². The topological polar surface area (TPSA) is 44.2 Å². The van der Waals surface area contributed by atoms with Gasteiger partial charge in [-0.15, -0.1) is 0 Å². The maximum atomic E-state index is 12.5. The molecule has 1 amide bonds. The van der Waals surface area contributed by atoms with Crippen LogP contribution in [0, 0.1) is 26.2 Å². The lowest BCUT2D eigenvalue weighted by Gasteiger charge is -2.16. The third-order valence-electron chi connectivity index (χ3n) is 4.15. The van der Waals surface area contributed by atoms with E-state index in [1.807, 2.05) is 27.8 Å². The van der Waals surface area contributed by atoms with Crippen LogP contribution < -0.4 is 0 Å². The maximum Gasteiger partial charge on any atom is 0.236 e. The average molecular weight is 258 g/mol. The van der Waals surface area contributed by atoms with Gasteiger partial charge in [-0.05, 0) is 43.9 Å². The molecule has 0 bridgehead atoms. The van der Waals surface area contributed by atoms with Crippen LogP contribution in [-0.4, -0.2) is 29.6 Å². The van der Waals surface area contributed by atoms with E-state index in [4.69, 9.17) is 5.41 Å². The number of amides is 1. The zero-order valence-electron chi connectivity index (χ0n) is 12.4. The van der Waals surface area contributed by atoms with Gasteiger partial charge in [0.2, 0.25) is 5.91 Å². The van der Waals surface area contributed by atoms with Gasteiger partial charge in [-0.3, -0.25) is 4.79 Å². The monoisotopic (exact) mass is 258 g/mol. The van der Waals surface area contributed by atoms with Gasteiger partial charge < -0.3 is 10.3 Å². The molecule has 19 heavy (non-hydrogen) atoms. The van der Waals surface area contributed by atoms with Crippen LogP contribution in [0.5, 0.6) is 0 Å². The van der Waals surface area contributed by atoms with E-state index in [9.17, 15) is 4.79 Å². The zero-order valence-corrected chi connectivity index (χ0v) is 12.4. The first kappa shape index (κ1) is 13.8. The van der Waals surface area contributed by atoms with Gasteiger partial charge in [0.25, 0.3) is 0 Å². The van der Waals surface area contributed by atoms with Crippen molar-refractivity contribution in [3.63, 3.8) is 0 Å². The highest BCUT2D eigenvalue weighted by atomic mass is 16.2. The number of nitrogens with zero attached hydrogens (tertiary/aromatic N) is 1. The molecule has 0 aromatic heterocycles. The smallest absolute Gasteiger partial charge is 0.236 e. The first-order chi connectivity index (χ1) is 8.88. The van der Waals surface area contributed by atoms with E-state index in [1.54, 1.807) is 4.90 Å². The fraction of sp³-hybridized carbons (Fsp3) is 0.500. The van der Waals surface area contributed by atoms with Crippen LogP contribution >= 0.6 is 0 Å². The van der Waals surface area contributed by atoms with Crippen LogP contribution in [0.25, 0.3) is 0 Å². The molecular weight excluding hydrogens is 236 g/mol. The molecule has 1 heterocycles. The van der Waals surface area contributed by atoms with Gasteiger partial charge in [-0.1, -0.05) is 24.6 Å². The van der Waals surface area contributed by atoms with Crippen LogP contribution in [0.2, 0.25) is 0 Å². The highest BCUT2D eigenvalue weighted by molar-refractivity contribution is 6.16. The Bertz CT molecular complexity index is 525. The van der Waals surface area contributed by atoms with E-state index in [2.05, 4.69) is 19.1 Å². The molecule has 0 aliphatic carbocycles. The Labute approximate surface area is 115 Å². The second-order valence-corrected chi connectivity index (χ2v) is 5.57. The van der Waals surface area contributed by atoms with Crippen molar-refractivity contribution in [2.75, 3.05) is 7.05 Å². The molecule has 2 atom stereocenters. The van der Waals surface area contributed by atoms with E-state index in [-0.39, 0.29) is 17.9 Å². The van der Waals surface area contributed by atoms with Gasteiger partial charge >= 0.3 is 0 Å². The molecule has 3 nitrogen and oxygen atoms in total. The summed E-state index contributed by atoms with van der Waals surface area (Å²) in [7, 11) is 1.81. The summed E-state index contributed by atoms with van der Waals surface area (Å²) in [5.41, 5.74) is 5.01. The number of nitrogens with one attached hydrogen (secondary N) is 1. The van der Waals surface area contributed by atoms with Crippen LogP contribution in [0.3, 0.4) is 0 Å². The number of likely N-dealkylation sites (tertiary alicyclic amines) is 1. The molecule has 0 spiro atoms. The van der Waals surface area contributed by atoms with Crippen molar-refractivity contribution >= 4 is 11.6 Å². The molecule has 1 aliphatic heterocycles. The Morgan fingerprint density at radius 3 is 2.16 bits per heavy atom. The predicted octanol–water partition coefficient (Wildman–Crippen LogP) is 2.97. The van der Waals surface area contributed by atoms with E-state index < -0.39 is 0 Å². The molecule has 1 fully saturated rings. The summed E-state index contributed by atoms with van der Waals surface area (Å²) in [6.07, 6.45) is 0.807. The van der Waals surface area contributed by atoms with Gasteiger partial charge in [-0.25, -0.2) is 0 Å². The molecule has 2 rings (SSSR count). The highest BCUT2D eigenvalue weighted by Gasteiger charge is 2.43. The van der Waals surface area contributed by atoms with Gasteiger partial charge in [0.05, 0.1) is 6.04 Å². The Morgan fingerprint density at radius 2 is 1.74 bits per heavy atom. The Kier molecular flexibility index (Phi) is 3.48. The minimum Gasteiger partial charge on any atom is -0.337 e. The van der Waals surface area contributed by atoms with Crippen LogP contribution in [0.4, 0.5) is 0 Å². The summed E-state index contributed by atoms with van der Waals surface area (Å²) in [4.78, 5) is 14.2. The van der Waals surface area contributed by atoms with Crippen molar-refractivity contribution in [3.8, 4) is 0 Å². The lowest BCUT2D eigenvalue weighted by molar-refractivity contribution is -0.128. The first-order valence-corrected chi connectivity index (χ1v) is 6.81. The lowest BCUT2D eigenvalue weighted by atomic mass is 9.86. The number of hydrogen-bond donors (Lipinski definition) is 1. The van der Waals surface area contributed by atoms with Crippen molar-refractivity contribution in [1.29, 1.82) is 5.41 Å². The fourth-order valence-electron chi connectivity index (χ4n) is 3.31. The number of benzene rings is 1. The van der Waals surface area contributed by atoms with E-state index in [0.717, 1.165) is 23.1 Å². The quantitative estimate of drug-likeness (QED) is 0.870. The fourth-order valence-corrected chi connectivity index (χ4v) is 3.31. The van der Waals surface area contributed by atoms with Gasteiger partial charge in [0.1, 0.15) is 5.92 Å². The minimum atomic E-state index is -0.379. The molecule has 0 saturated carbocycles. The Morgan fingerprint density at radius 1 is 1.21 bits per heavy atom. The molecule has 1 aromatic carbocycles. The summed E-state index contributed by atoms with van der Waals surface area (Å²) in [5, 5.41) is 8.35. The summed E-state index contributed by atoms with van der Waals surface area (Å²) in [6, 6.07) is 4.15. The molecule has 3 heteroatoms. The van der Waals surface area contributed by atoms with Crippen molar-refractivity contribution in [3.05, 3.63) is 34.4 Å². The van der Waals surface area contributed by atoms with Crippen LogP contribution in [-0.2, 0) is 4.79 Å². The third-order valence-corrected chi connectivity index (χ3v) is 4.15. The summed E-state index contributed by atoms with van der Waals surface area (Å²) >= 11 is 0. The number of carbonyl (C=O) groups is 1. The molecule has 1 N–H and O–H groups in total. The van der Waals surface area contributed by atoms with Crippen LogP contribution in [0.1, 0.15) is 41.5 Å². The molecule has 1 aliphatic rings. The van der Waals surface area contributed by atoms with Gasteiger partial charge in [0.15, 0.2) is 0 Å². The Hall–Kier alpha value is -1.64. The molecule has 1 aromatic rings. The second-order valence-electron chi connectivity index (χ2n) is 5.57. The SMILES string of the molecule is CCC1C(=N)C(c2c(C)cc(C)cc2C)C(=O)N1C. The molecular formula is C16H22N2O. The van der Waals surface area contributed by atoms with Crippen molar-refractivity contribution in [2.24, 2.45) is 0 Å². The highest BCUT2D eigenvalue weighted by Crippen LogP contribution is 2.34. The summed E-state index contributed by atoms with van der Waals surface area (Å²) in [6.45, 7) is 8.16. The Balaban J connectivity index is 2.54. The largest absolute Gasteiger partial charge is 0.337 e. The second kappa shape index (κ2) is 4.80. The summed E-state index contributed by atoms with van der Waals surface area (Å²) in [5.74, 6) is -0.317. The predicted molar refractivity (Wildman–Crippen MR) is 78.0 cm³/mol. The number of hydrogen-bond acceptors (Lipinski definition) is 2. The summed E-state index contributed by atoms with van der Waals surface area (Å²) < 4.78 is 0. The zero-order chi connectivity index (χ0) is 14.3. The first-order valence-electron chi connectivity index (χ1n) is 6.81. The van der Waals surface area contributed by atoms with E-state index in [1.165, 1.54) is 5.56 Å². The van der Waals surface area contributed by atoms with Crippen LogP contribution in [0.15, 0.2) is 12.1 Å². The minimum absolute atomic E-state index is 0.0439. The number of carbonyl (C=O) groups excluding carboxylic acids is 1. The molecule has 0 radical (unpaired) electrons. The van der Waals surface area contributed by atoms with Gasteiger partial charge in [0, 0.05) is 12.8 Å². The third kappa shape index (κ3) is 2.07. The number of rotatable bonds is 2. The average Bonchev–Trinajstić information content (AvgIpc) is 2.52. The lowest BCUT2D eigenvalue weighted by Crippen LogP contribution is -2.30. The van der Waals surface area contributed by atoms with E-state index in [0.29, 0.717) is 5.71 Å².